The Bertz CT molecular complexity index is 2020. The van der Waals surface area contributed by atoms with Gasteiger partial charge in [-0.2, -0.15) is 0 Å². The Balaban J connectivity index is 1.53. The van der Waals surface area contributed by atoms with E-state index in [0.29, 0.717) is 0 Å². The number of rotatable bonds is 4. The fourth-order valence-corrected chi connectivity index (χ4v) is 6.18. The van der Waals surface area contributed by atoms with Crippen LogP contribution in [0.25, 0.3) is 55.1 Å². The van der Waals surface area contributed by atoms with Gasteiger partial charge in [0.25, 0.3) is 0 Å². The maximum atomic E-state index is 5.94. The lowest BCUT2D eigenvalue weighted by Crippen LogP contribution is -2.26. The van der Waals surface area contributed by atoms with Gasteiger partial charge in [0.1, 0.15) is 17.6 Å². The van der Waals surface area contributed by atoms with E-state index < -0.39 is 0 Å². The Kier molecular flexibility index (Phi) is 6.69. The first-order chi connectivity index (χ1) is 21.1. The van der Waals surface area contributed by atoms with Crippen LogP contribution in [0.2, 0.25) is 0 Å². The van der Waals surface area contributed by atoms with Crippen molar-refractivity contribution in [1.82, 2.24) is 5.16 Å². The van der Waals surface area contributed by atoms with E-state index in [1.165, 1.54) is 43.8 Å². The van der Waals surface area contributed by atoms with Gasteiger partial charge in [0.05, 0.1) is 5.71 Å². The van der Waals surface area contributed by atoms with Crippen LogP contribution in [0.1, 0.15) is 59.3 Å². The minimum atomic E-state index is -0.122. The molecule has 7 rings (SSSR count). The smallest absolute Gasteiger partial charge is 0.142 e. The maximum absolute atomic E-state index is 5.94. The summed E-state index contributed by atoms with van der Waals surface area (Å²) in [6, 6.07) is 37.0. The third-order valence-electron chi connectivity index (χ3n) is 8.75. The van der Waals surface area contributed by atoms with Gasteiger partial charge in [0, 0.05) is 34.4 Å². The van der Waals surface area contributed by atoms with Gasteiger partial charge in [-0.15, -0.1) is 0 Å². The van der Waals surface area contributed by atoms with E-state index in [0.717, 1.165) is 34.7 Å². The number of oxime groups is 1. The highest BCUT2D eigenvalue weighted by molar-refractivity contribution is 6.23. The first-order valence-corrected chi connectivity index (χ1v) is 15.4. The molecular weight excluding hydrogens is 540 g/mol. The summed E-state index contributed by atoms with van der Waals surface area (Å²) in [6.45, 7) is 13.1. The highest BCUT2D eigenvalue weighted by atomic mass is 16.6. The molecule has 220 valence electrons. The Morgan fingerprint density at radius 3 is 1.66 bits per heavy atom. The topological polar surface area (TPSA) is 47.6 Å². The summed E-state index contributed by atoms with van der Waals surface area (Å²) in [5, 5.41) is 13.9. The zero-order chi connectivity index (χ0) is 30.6. The predicted octanol–water partition coefficient (Wildman–Crippen LogP) is 10.8. The summed E-state index contributed by atoms with van der Waals surface area (Å²) in [5.74, 6) is 0.872. The molecule has 0 radical (unpaired) electrons. The lowest BCUT2D eigenvalue weighted by Gasteiger charge is -2.24. The summed E-state index contributed by atoms with van der Waals surface area (Å²) in [6.07, 6.45) is 0.850. The summed E-state index contributed by atoms with van der Waals surface area (Å²) in [7, 11) is 0. The quantitative estimate of drug-likeness (QED) is 0.196. The summed E-state index contributed by atoms with van der Waals surface area (Å²) < 4.78 is 5.80. The Morgan fingerprint density at radius 2 is 1.14 bits per heavy atom. The van der Waals surface area contributed by atoms with Gasteiger partial charge < -0.3 is 9.36 Å². The molecule has 2 heterocycles. The second kappa shape index (κ2) is 10.5. The molecule has 0 spiro atoms. The molecule has 0 N–H and O–H groups in total. The van der Waals surface area contributed by atoms with Gasteiger partial charge in [-0.1, -0.05) is 137 Å². The fourth-order valence-electron chi connectivity index (χ4n) is 6.18. The molecule has 1 aliphatic rings. The van der Waals surface area contributed by atoms with Crippen LogP contribution in [0.15, 0.2) is 113 Å². The molecule has 0 bridgehead atoms. The Morgan fingerprint density at radius 1 is 0.591 bits per heavy atom. The zero-order valence-electron chi connectivity index (χ0n) is 26.3. The lowest BCUT2D eigenvalue weighted by molar-refractivity contribution is 0.00831. The van der Waals surface area contributed by atoms with Gasteiger partial charge in [-0.3, -0.25) is 0 Å². The van der Waals surface area contributed by atoms with Crippen molar-refractivity contribution >= 4 is 27.3 Å². The molecular formula is C40H38N2O2. The van der Waals surface area contributed by atoms with Gasteiger partial charge in [0.2, 0.25) is 0 Å². The second-order valence-electron chi connectivity index (χ2n) is 14.0. The predicted molar refractivity (Wildman–Crippen MR) is 182 cm³/mol. The van der Waals surface area contributed by atoms with Crippen molar-refractivity contribution < 1.29 is 9.36 Å². The third-order valence-corrected chi connectivity index (χ3v) is 8.75. The largest absolute Gasteiger partial charge is 0.391 e. The SMILES string of the molecule is CC(C)(C)c1cc(-c2ccc3c(-c4ccccc4)c4ccc(C5=NOC(C(C)(C)C)C5)cc4c(-c4ccccc4)c3c2)no1. The van der Waals surface area contributed by atoms with E-state index >= 15 is 0 Å². The normalized spacial score (nSPS) is 15.5. The van der Waals surface area contributed by atoms with Crippen LogP contribution in [-0.2, 0) is 10.3 Å². The Labute approximate surface area is 259 Å². The van der Waals surface area contributed by atoms with Crippen LogP contribution in [0.5, 0.6) is 0 Å². The van der Waals surface area contributed by atoms with E-state index in [1.807, 2.05) is 0 Å². The molecule has 1 unspecified atom stereocenters. The molecule has 0 fully saturated rings. The van der Waals surface area contributed by atoms with Crippen molar-refractivity contribution in [1.29, 1.82) is 0 Å². The van der Waals surface area contributed by atoms with Crippen LogP contribution in [0.4, 0.5) is 0 Å². The summed E-state index contributed by atoms with van der Waals surface area (Å²) in [5.41, 5.74) is 8.65. The first kappa shape index (κ1) is 28.1. The van der Waals surface area contributed by atoms with Gasteiger partial charge in [0.15, 0.2) is 0 Å². The highest BCUT2D eigenvalue weighted by Crippen LogP contribution is 2.45. The van der Waals surface area contributed by atoms with Gasteiger partial charge in [-0.05, 0) is 55.9 Å². The third kappa shape index (κ3) is 4.98. The molecule has 44 heavy (non-hydrogen) atoms. The zero-order valence-corrected chi connectivity index (χ0v) is 26.3. The number of hydrogen-bond donors (Lipinski definition) is 0. The fraction of sp³-hybridized carbons (Fsp3) is 0.250. The molecule has 4 heteroatoms. The van der Waals surface area contributed by atoms with Crippen molar-refractivity contribution in [2.75, 3.05) is 0 Å². The van der Waals surface area contributed by atoms with Gasteiger partial charge >= 0.3 is 0 Å². The van der Waals surface area contributed by atoms with Crippen LogP contribution in [0, 0.1) is 5.41 Å². The molecule has 6 aromatic rings. The van der Waals surface area contributed by atoms with Crippen molar-refractivity contribution in [2.45, 2.75) is 59.5 Å². The molecule has 0 saturated heterocycles. The minimum absolute atomic E-state index is 0.0123. The average molecular weight is 579 g/mol. The second-order valence-corrected chi connectivity index (χ2v) is 14.0. The van der Waals surface area contributed by atoms with Crippen LogP contribution < -0.4 is 0 Å². The average Bonchev–Trinajstić information content (AvgIpc) is 3.72. The van der Waals surface area contributed by atoms with E-state index in [9.17, 15) is 0 Å². The number of aromatic nitrogens is 1. The molecule has 0 saturated carbocycles. The monoisotopic (exact) mass is 578 g/mol. The molecule has 1 aliphatic heterocycles. The maximum Gasteiger partial charge on any atom is 0.142 e. The lowest BCUT2D eigenvalue weighted by atomic mass is 9.83. The minimum Gasteiger partial charge on any atom is -0.391 e. The van der Waals surface area contributed by atoms with Crippen LogP contribution in [-0.4, -0.2) is 17.0 Å². The van der Waals surface area contributed by atoms with Crippen LogP contribution in [0.3, 0.4) is 0 Å². The molecule has 5 aromatic carbocycles. The first-order valence-electron chi connectivity index (χ1n) is 15.4. The number of hydrogen-bond acceptors (Lipinski definition) is 4. The highest BCUT2D eigenvalue weighted by Gasteiger charge is 2.33. The van der Waals surface area contributed by atoms with Crippen molar-refractivity contribution in [2.24, 2.45) is 10.6 Å². The summed E-state index contributed by atoms with van der Waals surface area (Å²) in [4.78, 5) is 5.94. The van der Waals surface area contributed by atoms with E-state index in [1.54, 1.807) is 0 Å². The number of nitrogens with zero attached hydrogens (tertiary/aromatic N) is 2. The van der Waals surface area contributed by atoms with E-state index in [2.05, 4.69) is 155 Å². The van der Waals surface area contributed by atoms with E-state index in [4.69, 9.17) is 9.36 Å². The number of fused-ring (bicyclic) bond motifs is 2. The van der Waals surface area contributed by atoms with E-state index in [-0.39, 0.29) is 16.9 Å². The molecule has 0 amide bonds. The summed E-state index contributed by atoms with van der Waals surface area (Å²) >= 11 is 0. The molecule has 0 aliphatic carbocycles. The van der Waals surface area contributed by atoms with Crippen molar-refractivity contribution in [3.05, 3.63) is 114 Å². The number of benzene rings is 5. The molecule has 1 atom stereocenters. The van der Waals surface area contributed by atoms with Crippen molar-refractivity contribution in [3.8, 4) is 33.5 Å². The molecule has 4 nitrogen and oxygen atoms in total. The standard InChI is InChI=1S/C40H38N2O2/c1-39(2,3)35-23-33(41-43-35)27-17-19-29-31(21-27)38(26-15-11-8-12-16-26)32-22-28(34-24-36(44-42-34)40(4,5)6)18-20-30(32)37(29)25-13-9-7-10-14-25/h7-23,36H,24H2,1-6H3. The van der Waals surface area contributed by atoms with Crippen LogP contribution >= 0.6 is 0 Å². The Hall–Kier alpha value is -4.70. The molecule has 1 aromatic heterocycles. The van der Waals surface area contributed by atoms with Crippen molar-refractivity contribution in [3.63, 3.8) is 0 Å². The van der Waals surface area contributed by atoms with Gasteiger partial charge in [-0.25, -0.2) is 0 Å².